The Bertz CT molecular complexity index is 460. The molecule has 0 atom stereocenters. The van der Waals surface area contributed by atoms with Gasteiger partial charge in [-0.05, 0) is 67.8 Å². The third-order valence-corrected chi connectivity index (χ3v) is 5.86. The maximum atomic E-state index is 6.08. The third kappa shape index (κ3) is 2.22. The van der Waals surface area contributed by atoms with Crippen molar-refractivity contribution in [3.63, 3.8) is 0 Å². The molecule has 2 N–H and O–H groups in total. The molecule has 4 aliphatic carbocycles. The van der Waals surface area contributed by atoms with Crippen molar-refractivity contribution in [2.24, 2.45) is 35.3 Å². The lowest BCUT2D eigenvalue weighted by Gasteiger charge is -2.54. The lowest BCUT2D eigenvalue weighted by molar-refractivity contribution is -0.0529. The Balaban J connectivity index is 1.42. The summed E-state index contributed by atoms with van der Waals surface area (Å²) < 4.78 is 6.08. The zero-order chi connectivity index (χ0) is 13.5. The number of nitrogens with two attached hydrogens (primary N) is 1. The molecule has 1 heterocycles. The zero-order valence-corrected chi connectivity index (χ0v) is 12.0. The molecule has 4 saturated carbocycles. The fraction of sp³-hybridized carbons (Fsp3) is 0.706. The SMILES string of the molecule is NCc1cc(OCC2C3CC4CC(C3)CC2C4)ccn1. The molecule has 0 spiro atoms. The fourth-order valence-corrected chi connectivity index (χ4v) is 5.16. The minimum absolute atomic E-state index is 0.481. The maximum Gasteiger partial charge on any atom is 0.122 e. The molecule has 0 aliphatic heterocycles. The largest absolute Gasteiger partial charge is 0.493 e. The Labute approximate surface area is 120 Å². The van der Waals surface area contributed by atoms with E-state index >= 15 is 0 Å². The van der Waals surface area contributed by atoms with Gasteiger partial charge in [0, 0.05) is 18.8 Å². The van der Waals surface area contributed by atoms with Gasteiger partial charge in [0.2, 0.25) is 0 Å². The van der Waals surface area contributed by atoms with E-state index in [4.69, 9.17) is 10.5 Å². The Hall–Kier alpha value is -1.09. The molecular weight excluding hydrogens is 248 g/mol. The average Bonchev–Trinajstić information content (AvgIpc) is 2.46. The topological polar surface area (TPSA) is 48.1 Å². The molecule has 1 aromatic heterocycles. The summed E-state index contributed by atoms with van der Waals surface area (Å²) >= 11 is 0. The lowest BCUT2D eigenvalue weighted by Crippen LogP contribution is -2.47. The van der Waals surface area contributed by atoms with Crippen molar-refractivity contribution >= 4 is 0 Å². The Kier molecular flexibility index (Phi) is 3.18. The highest BCUT2D eigenvalue weighted by Gasteiger charge is 2.48. The summed E-state index contributed by atoms with van der Waals surface area (Å²) in [5.74, 6) is 5.67. The lowest BCUT2D eigenvalue weighted by atomic mass is 9.52. The molecule has 0 aromatic carbocycles. The summed E-state index contributed by atoms with van der Waals surface area (Å²) in [5, 5.41) is 0. The Morgan fingerprint density at radius 2 is 1.80 bits per heavy atom. The van der Waals surface area contributed by atoms with Gasteiger partial charge >= 0.3 is 0 Å². The van der Waals surface area contributed by atoms with Crippen LogP contribution in [0.1, 0.15) is 37.8 Å². The monoisotopic (exact) mass is 272 g/mol. The standard InChI is InChI=1S/C17H24N2O/c18-9-15-8-16(1-2-19-15)20-10-17-13-4-11-3-12(6-13)7-14(17)5-11/h1-2,8,11-14,17H,3-7,9-10,18H2. The van der Waals surface area contributed by atoms with E-state index in [-0.39, 0.29) is 0 Å². The molecule has 4 bridgehead atoms. The molecule has 4 aliphatic rings. The van der Waals surface area contributed by atoms with Crippen LogP contribution in [0.25, 0.3) is 0 Å². The fourth-order valence-electron chi connectivity index (χ4n) is 5.16. The smallest absolute Gasteiger partial charge is 0.122 e. The van der Waals surface area contributed by atoms with E-state index in [0.29, 0.717) is 6.54 Å². The molecule has 0 unspecified atom stereocenters. The average molecular weight is 272 g/mol. The van der Waals surface area contributed by atoms with Crippen LogP contribution < -0.4 is 10.5 Å². The van der Waals surface area contributed by atoms with Crippen molar-refractivity contribution in [1.82, 2.24) is 4.98 Å². The van der Waals surface area contributed by atoms with Gasteiger partial charge in [0.05, 0.1) is 12.3 Å². The molecule has 108 valence electrons. The van der Waals surface area contributed by atoms with Crippen LogP contribution in [-0.2, 0) is 6.54 Å². The molecule has 20 heavy (non-hydrogen) atoms. The number of nitrogens with zero attached hydrogens (tertiary/aromatic N) is 1. The van der Waals surface area contributed by atoms with Crippen molar-refractivity contribution in [2.45, 2.75) is 38.6 Å². The Morgan fingerprint density at radius 1 is 1.10 bits per heavy atom. The molecule has 3 nitrogen and oxygen atoms in total. The van der Waals surface area contributed by atoms with E-state index in [1.807, 2.05) is 12.1 Å². The molecule has 0 amide bonds. The molecule has 3 heteroatoms. The highest BCUT2D eigenvalue weighted by atomic mass is 16.5. The first-order chi connectivity index (χ1) is 9.81. The first-order valence-corrected chi connectivity index (χ1v) is 8.09. The van der Waals surface area contributed by atoms with Crippen LogP contribution in [0.4, 0.5) is 0 Å². The Morgan fingerprint density at radius 3 is 2.45 bits per heavy atom. The van der Waals surface area contributed by atoms with Crippen molar-refractivity contribution in [3.8, 4) is 5.75 Å². The molecule has 4 fully saturated rings. The van der Waals surface area contributed by atoms with Gasteiger partial charge in [-0.25, -0.2) is 0 Å². The van der Waals surface area contributed by atoms with Crippen LogP contribution in [0.15, 0.2) is 18.3 Å². The van der Waals surface area contributed by atoms with Crippen molar-refractivity contribution < 1.29 is 4.74 Å². The predicted octanol–water partition coefficient (Wildman–Crippen LogP) is 2.99. The van der Waals surface area contributed by atoms with Crippen LogP contribution in [0.3, 0.4) is 0 Å². The maximum absolute atomic E-state index is 6.08. The summed E-state index contributed by atoms with van der Waals surface area (Å²) in [4.78, 5) is 4.22. The van der Waals surface area contributed by atoms with Gasteiger partial charge in [-0.15, -0.1) is 0 Å². The summed E-state index contributed by atoms with van der Waals surface area (Å²) in [6.45, 7) is 1.37. The second kappa shape index (κ2) is 5.03. The number of rotatable bonds is 4. The van der Waals surface area contributed by atoms with E-state index in [0.717, 1.165) is 47.6 Å². The van der Waals surface area contributed by atoms with Crippen molar-refractivity contribution in [2.75, 3.05) is 6.61 Å². The van der Waals surface area contributed by atoms with Crippen LogP contribution in [-0.4, -0.2) is 11.6 Å². The second-order valence-electron chi connectivity index (χ2n) is 7.09. The first-order valence-electron chi connectivity index (χ1n) is 8.09. The number of pyridine rings is 1. The number of aromatic nitrogens is 1. The van der Waals surface area contributed by atoms with E-state index in [9.17, 15) is 0 Å². The van der Waals surface area contributed by atoms with Crippen LogP contribution in [0.2, 0.25) is 0 Å². The van der Waals surface area contributed by atoms with E-state index in [2.05, 4.69) is 4.98 Å². The third-order valence-electron chi connectivity index (χ3n) is 5.86. The second-order valence-corrected chi connectivity index (χ2v) is 7.09. The first kappa shape index (κ1) is 12.6. The molecule has 0 saturated heterocycles. The summed E-state index contributed by atoms with van der Waals surface area (Å²) in [6, 6.07) is 3.94. The van der Waals surface area contributed by atoms with Gasteiger partial charge in [-0.1, -0.05) is 0 Å². The van der Waals surface area contributed by atoms with Gasteiger partial charge in [-0.3, -0.25) is 4.98 Å². The normalized spacial score (nSPS) is 38.1. The molecule has 0 radical (unpaired) electrons. The van der Waals surface area contributed by atoms with E-state index in [1.165, 1.54) is 32.1 Å². The van der Waals surface area contributed by atoms with E-state index in [1.54, 1.807) is 6.20 Å². The number of hydrogen-bond donors (Lipinski definition) is 1. The molecule has 1 aromatic rings. The van der Waals surface area contributed by atoms with Crippen molar-refractivity contribution in [3.05, 3.63) is 24.0 Å². The molecular formula is C17H24N2O. The van der Waals surface area contributed by atoms with Crippen LogP contribution in [0, 0.1) is 29.6 Å². The van der Waals surface area contributed by atoms with Gasteiger partial charge < -0.3 is 10.5 Å². The van der Waals surface area contributed by atoms with Crippen LogP contribution in [0.5, 0.6) is 5.75 Å². The van der Waals surface area contributed by atoms with Gasteiger partial charge in [0.1, 0.15) is 5.75 Å². The highest BCUT2D eigenvalue weighted by molar-refractivity contribution is 5.22. The van der Waals surface area contributed by atoms with Gasteiger partial charge in [-0.2, -0.15) is 0 Å². The van der Waals surface area contributed by atoms with Crippen LogP contribution >= 0.6 is 0 Å². The summed E-state index contributed by atoms with van der Waals surface area (Å²) in [7, 11) is 0. The minimum atomic E-state index is 0.481. The summed E-state index contributed by atoms with van der Waals surface area (Å²) in [6.07, 6.45) is 9.17. The summed E-state index contributed by atoms with van der Waals surface area (Å²) in [5.41, 5.74) is 6.54. The highest BCUT2D eigenvalue weighted by Crippen LogP contribution is 2.56. The molecule has 5 rings (SSSR count). The number of ether oxygens (including phenoxy) is 1. The van der Waals surface area contributed by atoms with Crippen molar-refractivity contribution in [1.29, 1.82) is 0 Å². The minimum Gasteiger partial charge on any atom is -0.493 e. The van der Waals surface area contributed by atoms with E-state index < -0.39 is 0 Å². The quantitative estimate of drug-likeness (QED) is 0.916. The van der Waals surface area contributed by atoms with Gasteiger partial charge in [0.15, 0.2) is 0 Å². The predicted molar refractivity (Wildman–Crippen MR) is 78.2 cm³/mol. The zero-order valence-electron chi connectivity index (χ0n) is 12.0. The van der Waals surface area contributed by atoms with Gasteiger partial charge in [0.25, 0.3) is 0 Å². The number of hydrogen-bond acceptors (Lipinski definition) is 3.